The fourth-order valence-electron chi connectivity index (χ4n) is 2.34. The number of nitrogens with zero attached hydrogens (tertiary/aromatic N) is 2. The minimum atomic E-state index is -3.32. The van der Waals surface area contributed by atoms with Gasteiger partial charge in [0.15, 0.2) is 0 Å². The van der Waals surface area contributed by atoms with Crippen LogP contribution in [-0.2, 0) is 10.0 Å². The first-order chi connectivity index (χ1) is 8.82. The van der Waals surface area contributed by atoms with E-state index in [-0.39, 0.29) is 5.54 Å². The zero-order valence-electron chi connectivity index (χ0n) is 11.8. The van der Waals surface area contributed by atoms with Crippen molar-refractivity contribution in [1.82, 2.24) is 9.21 Å². The van der Waals surface area contributed by atoms with Crippen LogP contribution in [0.15, 0.2) is 35.2 Å². The van der Waals surface area contributed by atoms with E-state index in [2.05, 4.69) is 25.7 Å². The maximum Gasteiger partial charge on any atom is 0.243 e. The molecule has 0 saturated carbocycles. The predicted molar refractivity (Wildman–Crippen MR) is 76.5 cm³/mol. The molecule has 1 heterocycles. The molecule has 0 N–H and O–H groups in total. The molecule has 5 heteroatoms. The van der Waals surface area contributed by atoms with Gasteiger partial charge in [-0.15, -0.1) is 0 Å². The van der Waals surface area contributed by atoms with E-state index in [1.165, 1.54) is 0 Å². The van der Waals surface area contributed by atoms with Crippen LogP contribution in [0.5, 0.6) is 0 Å². The maximum atomic E-state index is 12.5. The van der Waals surface area contributed by atoms with Crippen LogP contribution >= 0.6 is 0 Å². The van der Waals surface area contributed by atoms with Crippen molar-refractivity contribution in [3.63, 3.8) is 0 Å². The van der Waals surface area contributed by atoms with Crippen molar-refractivity contribution >= 4 is 10.0 Å². The van der Waals surface area contributed by atoms with E-state index in [9.17, 15) is 8.42 Å². The molecule has 2 rings (SSSR count). The van der Waals surface area contributed by atoms with Crippen LogP contribution in [0.1, 0.15) is 20.8 Å². The van der Waals surface area contributed by atoms with E-state index in [1.54, 1.807) is 28.6 Å². The summed E-state index contributed by atoms with van der Waals surface area (Å²) in [6.45, 7) is 9.19. The van der Waals surface area contributed by atoms with Gasteiger partial charge in [-0.3, -0.25) is 4.90 Å². The third-order valence-corrected chi connectivity index (χ3v) is 5.48. The molecule has 0 radical (unpaired) electrons. The zero-order chi connectivity index (χ0) is 14.1. The van der Waals surface area contributed by atoms with Crippen LogP contribution in [0, 0.1) is 0 Å². The largest absolute Gasteiger partial charge is 0.296 e. The van der Waals surface area contributed by atoms with Crippen molar-refractivity contribution in [2.75, 3.05) is 26.2 Å². The average molecular weight is 282 g/mol. The number of hydrogen-bond acceptors (Lipinski definition) is 3. The van der Waals surface area contributed by atoms with E-state index in [0.717, 1.165) is 13.1 Å². The molecule has 0 amide bonds. The van der Waals surface area contributed by atoms with Gasteiger partial charge in [-0.05, 0) is 32.9 Å². The van der Waals surface area contributed by atoms with Crippen LogP contribution in [0.2, 0.25) is 0 Å². The molecule has 0 bridgehead atoms. The summed E-state index contributed by atoms with van der Waals surface area (Å²) in [5.74, 6) is 0. The van der Waals surface area contributed by atoms with Crippen molar-refractivity contribution in [1.29, 1.82) is 0 Å². The Morgan fingerprint density at radius 1 is 0.947 bits per heavy atom. The standard InChI is InChI=1S/C14H22N2O2S/c1-14(2,3)15-9-11-16(12-10-15)19(17,18)13-7-5-4-6-8-13/h4-8H,9-12H2,1-3H3. The molecule has 106 valence electrons. The predicted octanol–water partition coefficient (Wildman–Crippen LogP) is 1.79. The third-order valence-electron chi connectivity index (χ3n) is 3.57. The number of piperazine rings is 1. The minimum Gasteiger partial charge on any atom is -0.296 e. The summed E-state index contributed by atoms with van der Waals surface area (Å²) in [5, 5.41) is 0. The maximum absolute atomic E-state index is 12.5. The second-order valence-electron chi connectivity index (χ2n) is 5.88. The highest BCUT2D eigenvalue weighted by Crippen LogP contribution is 2.20. The molecule has 1 aromatic rings. The van der Waals surface area contributed by atoms with Gasteiger partial charge in [0.05, 0.1) is 4.90 Å². The van der Waals surface area contributed by atoms with Crippen LogP contribution < -0.4 is 0 Å². The summed E-state index contributed by atoms with van der Waals surface area (Å²) >= 11 is 0. The SMILES string of the molecule is CC(C)(C)N1CCN(S(=O)(=O)c2ccccc2)CC1. The molecular formula is C14H22N2O2S. The van der Waals surface area contributed by atoms with Gasteiger partial charge in [0.2, 0.25) is 10.0 Å². The molecule has 0 spiro atoms. The Morgan fingerprint density at radius 2 is 1.47 bits per heavy atom. The minimum absolute atomic E-state index is 0.0998. The molecule has 0 aromatic heterocycles. The molecule has 0 atom stereocenters. The number of sulfonamides is 1. The lowest BCUT2D eigenvalue weighted by molar-refractivity contribution is 0.0922. The molecule has 19 heavy (non-hydrogen) atoms. The van der Waals surface area contributed by atoms with Gasteiger partial charge in [-0.1, -0.05) is 18.2 Å². The first-order valence-electron chi connectivity index (χ1n) is 6.62. The first kappa shape index (κ1) is 14.5. The summed E-state index contributed by atoms with van der Waals surface area (Å²) < 4.78 is 26.5. The highest BCUT2D eigenvalue weighted by atomic mass is 32.2. The molecular weight excluding hydrogens is 260 g/mol. The van der Waals surface area contributed by atoms with Crippen molar-refractivity contribution in [2.45, 2.75) is 31.2 Å². The van der Waals surface area contributed by atoms with Gasteiger partial charge < -0.3 is 0 Å². The van der Waals surface area contributed by atoms with E-state index < -0.39 is 10.0 Å². The number of benzene rings is 1. The summed E-state index contributed by atoms with van der Waals surface area (Å²) in [6, 6.07) is 8.67. The number of hydrogen-bond donors (Lipinski definition) is 0. The second kappa shape index (κ2) is 5.23. The highest BCUT2D eigenvalue weighted by Gasteiger charge is 2.31. The van der Waals surface area contributed by atoms with Gasteiger partial charge in [0.1, 0.15) is 0 Å². The van der Waals surface area contributed by atoms with Gasteiger partial charge in [0.25, 0.3) is 0 Å². The van der Waals surface area contributed by atoms with Crippen LogP contribution in [0.4, 0.5) is 0 Å². The summed E-state index contributed by atoms with van der Waals surface area (Å²) in [5.41, 5.74) is 0.0998. The summed E-state index contributed by atoms with van der Waals surface area (Å²) in [6.07, 6.45) is 0. The molecule has 1 aromatic carbocycles. The lowest BCUT2D eigenvalue weighted by atomic mass is 10.1. The number of rotatable bonds is 2. The first-order valence-corrected chi connectivity index (χ1v) is 8.06. The van der Waals surface area contributed by atoms with Gasteiger partial charge in [0, 0.05) is 31.7 Å². The van der Waals surface area contributed by atoms with E-state index in [0.29, 0.717) is 18.0 Å². The Hall–Kier alpha value is -0.910. The summed E-state index contributed by atoms with van der Waals surface area (Å²) in [4.78, 5) is 2.71. The Labute approximate surface area is 116 Å². The molecule has 4 nitrogen and oxygen atoms in total. The Bertz CT molecular complexity index is 512. The monoisotopic (exact) mass is 282 g/mol. The third kappa shape index (κ3) is 3.16. The fraction of sp³-hybridized carbons (Fsp3) is 0.571. The Balaban J connectivity index is 2.10. The van der Waals surface area contributed by atoms with E-state index in [1.807, 2.05) is 6.07 Å². The lowest BCUT2D eigenvalue weighted by Gasteiger charge is -2.41. The molecule has 1 aliphatic heterocycles. The van der Waals surface area contributed by atoms with E-state index in [4.69, 9.17) is 0 Å². The lowest BCUT2D eigenvalue weighted by Crippen LogP contribution is -2.54. The van der Waals surface area contributed by atoms with Crippen molar-refractivity contribution < 1.29 is 8.42 Å². The highest BCUT2D eigenvalue weighted by molar-refractivity contribution is 7.89. The van der Waals surface area contributed by atoms with Gasteiger partial charge in [-0.2, -0.15) is 4.31 Å². The molecule has 1 fully saturated rings. The van der Waals surface area contributed by atoms with Crippen molar-refractivity contribution in [3.05, 3.63) is 30.3 Å². The smallest absolute Gasteiger partial charge is 0.243 e. The molecule has 0 aliphatic carbocycles. The van der Waals surface area contributed by atoms with Crippen LogP contribution in [0.25, 0.3) is 0 Å². The second-order valence-corrected chi connectivity index (χ2v) is 7.81. The van der Waals surface area contributed by atoms with E-state index >= 15 is 0 Å². The Morgan fingerprint density at radius 3 is 1.95 bits per heavy atom. The summed E-state index contributed by atoms with van der Waals surface area (Å²) in [7, 11) is -3.32. The quantitative estimate of drug-likeness (QED) is 0.830. The molecule has 0 unspecified atom stereocenters. The normalized spacial score (nSPS) is 19.5. The van der Waals surface area contributed by atoms with Crippen molar-refractivity contribution in [2.24, 2.45) is 0 Å². The fourth-order valence-corrected chi connectivity index (χ4v) is 3.78. The van der Waals surface area contributed by atoms with Crippen molar-refractivity contribution in [3.8, 4) is 0 Å². The van der Waals surface area contributed by atoms with Gasteiger partial charge >= 0.3 is 0 Å². The topological polar surface area (TPSA) is 40.6 Å². The average Bonchev–Trinajstić information content (AvgIpc) is 2.39. The Kier molecular flexibility index (Phi) is 3.99. The van der Waals surface area contributed by atoms with Gasteiger partial charge in [-0.25, -0.2) is 8.42 Å². The zero-order valence-corrected chi connectivity index (χ0v) is 12.7. The van der Waals surface area contributed by atoms with Crippen LogP contribution in [0.3, 0.4) is 0 Å². The van der Waals surface area contributed by atoms with Crippen LogP contribution in [-0.4, -0.2) is 49.3 Å². The molecule has 1 saturated heterocycles. The molecule has 1 aliphatic rings.